The smallest absolute Gasteiger partial charge is 0.257 e. The first-order valence-electron chi connectivity index (χ1n) is 5.58. The van der Waals surface area contributed by atoms with Gasteiger partial charge in [0.25, 0.3) is 5.56 Å². The number of benzene rings is 1. The van der Waals surface area contributed by atoms with Crippen LogP contribution in [0.1, 0.15) is 11.3 Å². The minimum Gasteiger partial charge on any atom is -0.326 e. The van der Waals surface area contributed by atoms with Crippen LogP contribution in [0.25, 0.3) is 0 Å². The Hall–Kier alpha value is -1.85. The first-order chi connectivity index (χ1) is 8.72. The number of aromatic nitrogens is 2. The van der Waals surface area contributed by atoms with Crippen LogP contribution in [-0.4, -0.2) is 9.97 Å². The molecule has 0 atom stereocenters. The van der Waals surface area contributed by atoms with Gasteiger partial charge in [0.05, 0.1) is 11.3 Å². The van der Waals surface area contributed by atoms with Crippen molar-refractivity contribution in [1.82, 2.24) is 15.3 Å². The van der Waals surface area contributed by atoms with Crippen LogP contribution in [0.5, 0.6) is 0 Å². The Morgan fingerprint density at radius 3 is 2.78 bits per heavy atom. The molecule has 1 aliphatic heterocycles. The number of fused-ring (bicyclic) bond motifs is 1. The van der Waals surface area contributed by atoms with Crippen LogP contribution in [0.2, 0.25) is 5.02 Å². The zero-order chi connectivity index (χ0) is 12.5. The van der Waals surface area contributed by atoms with Crippen molar-refractivity contribution in [2.75, 3.05) is 5.32 Å². The van der Waals surface area contributed by atoms with Gasteiger partial charge in [-0.15, -0.1) is 0 Å². The van der Waals surface area contributed by atoms with Crippen molar-refractivity contribution in [2.45, 2.75) is 13.1 Å². The molecule has 0 saturated heterocycles. The normalized spacial score (nSPS) is 13.4. The number of nitrogens with one attached hydrogen (secondary N) is 3. The Balaban J connectivity index is 1.92. The van der Waals surface area contributed by atoms with Crippen LogP contribution in [0, 0.1) is 0 Å². The van der Waals surface area contributed by atoms with Crippen LogP contribution in [0.3, 0.4) is 0 Å². The Morgan fingerprint density at radius 1 is 1.22 bits per heavy atom. The van der Waals surface area contributed by atoms with Crippen LogP contribution >= 0.6 is 11.6 Å². The van der Waals surface area contributed by atoms with E-state index < -0.39 is 0 Å². The topological polar surface area (TPSA) is 69.8 Å². The highest BCUT2D eigenvalue weighted by atomic mass is 35.5. The van der Waals surface area contributed by atoms with Gasteiger partial charge >= 0.3 is 0 Å². The van der Waals surface area contributed by atoms with Crippen LogP contribution in [0.4, 0.5) is 11.6 Å². The standard InChI is InChI=1S/C12H11ClN4O/c13-7-1-3-8(4-2-7)15-12-16-10-6-14-5-9(10)11(18)17-12/h1-4,14H,5-6H2,(H2,15,16,17,18). The first-order valence-corrected chi connectivity index (χ1v) is 5.95. The van der Waals surface area contributed by atoms with Gasteiger partial charge in [-0.2, -0.15) is 0 Å². The number of halogens is 1. The van der Waals surface area contributed by atoms with E-state index in [1.807, 2.05) is 12.1 Å². The average molecular weight is 263 g/mol. The number of rotatable bonds is 2. The van der Waals surface area contributed by atoms with E-state index >= 15 is 0 Å². The van der Waals surface area contributed by atoms with E-state index in [0.29, 0.717) is 24.1 Å². The summed E-state index contributed by atoms with van der Waals surface area (Å²) in [5.41, 5.74) is 2.25. The average Bonchev–Trinajstić information content (AvgIpc) is 2.81. The molecule has 0 fully saturated rings. The minimum atomic E-state index is -0.0959. The predicted molar refractivity (Wildman–Crippen MR) is 70.1 cm³/mol. The van der Waals surface area contributed by atoms with E-state index in [9.17, 15) is 4.79 Å². The third kappa shape index (κ3) is 2.10. The van der Waals surface area contributed by atoms with Crippen molar-refractivity contribution >= 4 is 23.2 Å². The van der Waals surface area contributed by atoms with E-state index in [1.165, 1.54) is 0 Å². The summed E-state index contributed by atoms with van der Waals surface area (Å²) in [4.78, 5) is 18.9. The van der Waals surface area contributed by atoms with Gasteiger partial charge in [0.15, 0.2) is 0 Å². The summed E-state index contributed by atoms with van der Waals surface area (Å²) < 4.78 is 0. The molecule has 2 aromatic rings. The zero-order valence-corrected chi connectivity index (χ0v) is 10.2. The van der Waals surface area contributed by atoms with Gasteiger partial charge in [-0.1, -0.05) is 11.6 Å². The van der Waals surface area contributed by atoms with Crippen LogP contribution < -0.4 is 16.2 Å². The van der Waals surface area contributed by atoms with E-state index in [1.54, 1.807) is 12.1 Å². The molecule has 1 aromatic heterocycles. The summed E-state index contributed by atoms with van der Waals surface area (Å²) in [7, 11) is 0. The summed E-state index contributed by atoms with van der Waals surface area (Å²) in [6, 6.07) is 7.20. The van der Waals surface area contributed by atoms with Gasteiger partial charge in [0, 0.05) is 23.8 Å². The second-order valence-electron chi connectivity index (χ2n) is 4.08. The van der Waals surface area contributed by atoms with E-state index in [0.717, 1.165) is 16.9 Å². The molecule has 2 heterocycles. The first kappa shape index (κ1) is 11.3. The molecule has 5 nitrogen and oxygen atoms in total. The van der Waals surface area contributed by atoms with E-state index in [2.05, 4.69) is 20.6 Å². The molecule has 0 radical (unpaired) electrons. The maximum absolute atomic E-state index is 11.8. The second kappa shape index (κ2) is 4.44. The molecule has 0 spiro atoms. The molecule has 3 rings (SSSR count). The molecule has 1 aliphatic rings. The van der Waals surface area contributed by atoms with Crippen LogP contribution in [-0.2, 0) is 13.1 Å². The molecule has 6 heteroatoms. The largest absolute Gasteiger partial charge is 0.326 e. The lowest BCUT2D eigenvalue weighted by molar-refractivity contribution is 0.757. The molecule has 0 saturated carbocycles. The Labute approximate surface area is 108 Å². The molecule has 0 bridgehead atoms. The van der Waals surface area contributed by atoms with Gasteiger partial charge in [-0.3, -0.25) is 9.78 Å². The van der Waals surface area contributed by atoms with Crippen molar-refractivity contribution in [3.63, 3.8) is 0 Å². The summed E-state index contributed by atoms with van der Waals surface area (Å²) in [5, 5.41) is 6.81. The molecule has 92 valence electrons. The van der Waals surface area contributed by atoms with Crippen molar-refractivity contribution in [1.29, 1.82) is 0 Å². The number of anilines is 2. The minimum absolute atomic E-state index is 0.0959. The highest BCUT2D eigenvalue weighted by molar-refractivity contribution is 6.30. The SMILES string of the molecule is O=c1[nH]c(Nc2ccc(Cl)cc2)nc2c1CNC2. The highest BCUT2D eigenvalue weighted by Gasteiger charge is 2.16. The van der Waals surface area contributed by atoms with E-state index in [-0.39, 0.29) is 5.56 Å². The van der Waals surface area contributed by atoms with Gasteiger partial charge in [-0.25, -0.2) is 4.98 Å². The number of H-pyrrole nitrogens is 1. The lowest BCUT2D eigenvalue weighted by atomic mass is 10.3. The molecule has 3 N–H and O–H groups in total. The fraction of sp³-hybridized carbons (Fsp3) is 0.167. The second-order valence-corrected chi connectivity index (χ2v) is 4.51. The molecular weight excluding hydrogens is 252 g/mol. The third-order valence-corrected chi connectivity index (χ3v) is 3.05. The number of aromatic amines is 1. The maximum atomic E-state index is 11.8. The maximum Gasteiger partial charge on any atom is 0.257 e. The van der Waals surface area contributed by atoms with Gasteiger partial charge in [0.1, 0.15) is 0 Å². The summed E-state index contributed by atoms with van der Waals surface area (Å²) >= 11 is 5.81. The van der Waals surface area contributed by atoms with Crippen molar-refractivity contribution < 1.29 is 0 Å². The fourth-order valence-corrected chi connectivity index (χ4v) is 2.03. The summed E-state index contributed by atoms with van der Waals surface area (Å²) in [6.07, 6.45) is 0. The predicted octanol–water partition coefficient (Wildman–Crippen LogP) is 1.77. The molecule has 0 amide bonds. The van der Waals surface area contributed by atoms with Crippen molar-refractivity contribution in [3.8, 4) is 0 Å². The molecule has 0 unspecified atom stereocenters. The van der Waals surface area contributed by atoms with Crippen LogP contribution in [0.15, 0.2) is 29.1 Å². The zero-order valence-electron chi connectivity index (χ0n) is 9.46. The van der Waals surface area contributed by atoms with Crippen molar-refractivity contribution in [3.05, 3.63) is 50.9 Å². The quantitative estimate of drug-likeness (QED) is 0.772. The summed E-state index contributed by atoms with van der Waals surface area (Å²) in [6.45, 7) is 1.22. The summed E-state index contributed by atoms with van der Waals surface area (Å²) in [5.74, 6) is 0.449. The van der Waals surface area contributed by atoms with Crippen molar-refractivity contribution in [2.24, 2.45) is 0 Å². The molecular formula is C12H11ClN4O. The lowest BCUT2D eigenvalue weighted by Crippen LogP contribution is -2.16. The molecule has 0 aliphatic carbocycles. The lowest BCUT2D eigenvalue weighted by Gasteiger charge is -2.06. The molecule has 1 aromatic carbocycles. The Kier molecular flexibility index (Phi) is 2.77. The Morgan fingerprint density at radius 2 is 2.00 bits per heavy atom. The molecule has 18 heavy (non-hydrogen) atoms. The monoisotopic (exact) mass is 262 g/mol. The number of hydrogen-bond donors (Lipinski definition) is 3. The van der Waals surface area contributed by atoms with Gasteiger partial charge in [-0.05, 0) is 24.3 Å². The van der Waals surface area contributed by atoms with Gasteiger partial charge < -0.3 is 10.6 Å². The number of nitrogens with zero attached hydrogens (tertiary/aromatic N) is 1. The Bertz CT molecular complexity index is 636. The fourth-order valence-electron chi connectivity index (χ4n) is 1.91. The highest BCUT2D eigenvalue weighted by Crippen LogP contribution is 2.17. The van der Waals surface area contributed by atoms with E-state index in [4.69, 9.17) is 11.6 Å². The van der Waals surface area contributed by atoms with Gasteiger partial charge in [0.2, 0.25) is 5.95 Å². The number of hydrogen-bond acceptors (Lipinski definition) is 4. The third-order valence-electron chi connectivity index (χ3n) is 2.80.